The first-order chi connectivity index (χ1) is 24.5. The number of anilines is 2. The van der Waals surface area contributed by atoms with Crippen LogP contribution in [0.5, 0.6) is 11.5 Å². The van der Waals surface area contributed by atoms with Crippen molar-refractivity contribution < 1.29 is 19.1 Å². The van der Waals surface area contributed by atoms with E-state index in [0.29, 0.717) is 40.8 Å². The van der Waals surface area contributed by atoms with Gasteiger partial charge in [0.15, 0.2) is 10.7 Å². The minimum atomic E-state index is -1.21. The highest BCUT2D eigenvalue weighted by molar-refractivity contribution is 7.80. The van der Waals surface area contributed by atoms with Crippen LogP contribution in [-0.4, -0.2) is 61.8 Å². The van der Waals surface area contributed by atoms with Crippen LogP contribution in [0, 0.1) is 6.92 Å². The van der Waals surface area contributed by atoms with Gasteiger partial charge >= 0.3 is 5.97 Å². The van der Waals surface area contributed by atoms with Crippen LogP contribution in [0.25, 0.3) is 0 Å². The Hall–Kier alpha value is -5.09. The number of hydrogen-bond acceptors (Lipinski definition) is 7. The Balaban J connectivity index is 1.27. The number of carbonyl (C=O) groups excluding carboxylic acids is 2. The fraction of sp³-hybridized carbons (Fsp3) is 0.341. The Morgan fingerprint density at radius 2 is 1.33 bits per heavy atom. The topological polar surface area (TPSA) is 95.2 Å². The number of hydrogen-bond donors (Lipinski definition) is 3. The largest absolute Gasteiger partial charge is 0.456 e. The van der Waals surface area contributed by atoms with Gasteiger partial charge in [-0.05, 0) is 96.2 Å². The molecule has 266 valence electrons. The number of ether oxygens (including phenoxy) is 2. The maximum absolute atomic E-state index is 13.9. The van der Waals surface area contributed by atoms with E-state index in [0.717, 1.165) is 59.8 Å². The van der Waals surface area contributed by atoms with Crippen LogP contribution >= 0.6 is 12.2 Å². The molecule has 0 aromatic heterocycles. The van der Waals surface area contributed by atoms with Gasteiger partial charge in [0.05, 0.1) is 11.1 Å². The van der Waals surface area contributed by atoms with Crippen molar-refractivity contribution in [1.82, 2.24) is 16.0 Å². The lowest BCUT2D eigenvalue weighted by Gasteiger charge is -2.38. The third-order valence-electron chi connectivity index (χ3n) is 9.89. The van der Waals surface area contributed by atoms with Gasteiger partial charge in [-0.15, -0.1) is 0 Å². The summed E-state index contributed by atoms with van der Waals surface area (Å²) in [4.78, 5) is 30.9. The van der Waals surface area contributed by atoms with Crippen molar-refractivity contribution in [2.75, 3.05) is 49.1 Å². The van der Waals surface area contributed by atoms with E-state index in [1.165, 1.54) is 0 Å². The van der Waals surface area contributed by atoms with Crippen LogP contribution in [0.2, 0.25) is 0 Å². The summed E-state index contributed by atoms with van der Waals surface area (Å²) in [6.45, 7) is 16.8. The van der Waals surface area contributed by atoms with E-state index < -0.39 is 17.1 Å². The quantitative estimate of drug-likeness (QED) is 0.115. The van der Waals surface area contributed by atoms with E-state index in [1.54, 1.807) is 0 Å². The van der Waals surface area contributed by atoms with Gasteiger partial charge in [0.25, 0.3) is 5.91 Å². The van der Waals surface area contributed by atoms with Gasteiger partial charge in [0.1, 0.15) is 11.5 Å². The summed E-state index contributed by atoms with van der Waals surface area (Å²) in [7, 11) is 0. The number of rotatable bonds is 11. The number of carbonyl (C=O) groups is 2. The summed E-state index contributed by atoms with van der Waals surface area (Å²) >= 11 is 5.66. The molecule has 1 amide bonds. The Morgan fingerprint density at radius 1 is 0.784 bits per heavy atom. The number of thiocarbonyl (C=S) groups is 1. The molecule has 3 aromatic carbocycles. The second-order valence-electron chi connectivity index (χ2n) is 13.2. The van der Waals surface area contributed by atoms with E-state index in [2.05, 4.69) is 77.7 Å². The predicted molar refractivity (Wildman–Crippen MR) is 208 cm³/mol. The third kappa shape index (κ3) is 6.85. The minimum absolute atomic E-state index is 0.136. The van der Waals surface area contributed by atoms with Crippen molar-refractivity contribution in [2.45, 2.75) is 52.7 Å². The maximum Gasteiger partial charge on any atom is 0.340 e. The smallest absolute Gasteiger partial charge is 0.340 e. The number of fused-ring (bicyclic) bond motifs is 5. The molecule has 1 aliphatic carbocycles. The molecular weight excluding hydrogens is 659 g/mol. The zero-order valence-electron chi connectivity index (χ0n) is 30.3. The van der Waals surface area contributed by atoms with Crippen molar-refractivity contribution in [3.05, 3.63) is 118 Å². The molecule has 0 saturated heterocycles. The van der Waals surface area contributed by atoms with Gasteiger partial charge in [-0.1, -0.05) is 35.9 Å². The first kappa shape index (κ1) is 35.7. The van der Waals surface area contributed by atoms with Gasteiger partial charge in [-0.3, -0.25) is 4.79 Å². The van der Waals surface area contributed by atoms with E-state index in [1.807, 2.05) is 74.5 Å². The third-order valence-corrected chi connectivity index (χ3v) is 10.1. The van der Waals surface area contributed by atoms with Crippen LogP contribution in [-0.2, 0) is 15.1 Å². The first-order valence-corrected chi connectivity index (χ1v) is 18.2. The SMILES string of the molecule is CCN(CC)c1ccc2c(c1)Oc1cc(N(CC)CC)ccc1C21OC(=O)C2=C1C=CC(C)(NC(=S)NCCNC(=O)c1ccc(C)cc1)C=C2. The Labute approximate surface area is 306 Å². The fourth-order valence-corrected chi connectivity index (χ4v) is 7.34. The van der Waals surface area contributed by atoms with Gasteiger partial charge in [-0.2, -0.15) is 0 Å². The van der Waals surface area contributed by atoms with E-state index in [9.17, 15) is 9.59 Å². The lowest BCUT2D eigenvalue weighted by atomic mass is 9.76. The summed E-state index contributed by atoms with van der Waals surface area (Å²) in [5.41, 5.74) is 4.64. The number of esters is 1. The highest BCUT2D eigenvalue weighted by Crippen LogP contribution is 2.58. The molecule has 0 fully saturated rings. The molecule has 2 aliphatic heterocycles. The normalized spacial score (nSPS) is 17.8. The van der Waals surface area contributed by atoms with Gasteiger partial charge < -0.3 is 35.2 Å². The Bertz CT molecular complexity index is 1860. The summed E-state index contributed by atoms with van der Waals surface area (Å²) in [5.74, 6) is 0.781. The molecule has 10 heteroatoms. The second kappa shape index (κ2) is 14.6. The average molecular weight is 706 g/mol. The van der Waals surface area contributed by atoms with Crippen LogP contribution in [0.15, 0.2) is 96.1 Å². The van der Waals surface area contributed by atoms with Crippen molar-refractivity contribution in [1.29, 1.82) is 0 Å². The van der Waals surface area contributed by atoms with E-state index in [4.69, 9.17) is 21.7 Å². The van der Waals surface area contributed by atoms with Crippen LogP contribution < -0.4 is 30.5 Å². The molecule has 3 aromatic rings. The molecular formula is C41H47N5O4S. The van der Waals surface area contributed by atoms with Crippen molar-refractivity contribution in [3.8, 4) is 11.5 Å². The number of nitrogens with one attached hydrogen (secondary N) is 3. The molecule has 1 atom stereocenters. The first-order valence-electron chi connectivity index (χ1n) is 17.8. The minimum Gasteiger partial charge on any atom is -0.456 e. The molecule has 6 rings (SSSR count). The summed E-state index contributed by atoms with van der Waals surface area (Å²) in [6.07, 6.45) is 7.74. The monoisotopic (exact) mass is 705 g/mol. The van der Waals surface area contributed by atoms with Crippen LogP contribution in [0.4, 0.5) is 11.4 Å². The molecule has 2 heterocycles. The molecule has 9 nitrogen and oxygen atoms in total. The molecule has 51 heavy (non-hydrogen) atoms. The summed E-state index contributed by atoms with van der Waals surface area (Å²) < 4.78 is 13.2. The Morgan fingerprint density at radius 3 is 1.90 bits per heavy atom. The van der Waals surface area contributed by atoms with Gasteiger partial charge in [0.2, 0.25) is 0 Å². The van der Waals surface area contributed by atoms with Gasteiger partial charge in [0, 0.05) is 85.0 Å². The van der Waals surface area contributed by atoms with Crippen molar-refractivity contribution in [2.24, 2.45) is 0 Å². The maximum atomic E-state index is 13.9. The lowest BCUT2D eigenvalue weighted by molar-refractivity contribution is -0.144. The number of aryl methyl sites for hydroxylation is 1. The van der Waals surface area contributed by atoms with Crippen LogP contribution in [0.3, 0.4) is 0 Å². The highest BCUT2D eigenvalue weighted by Gasteiger charge is 2.54. The van der Waals surface area contributed by atoms with Crippen LogP contribution in [0.1, 0.15) is 61.7 Å². The second-order valence-corrected chi connectivity index (χ2v) is 13.6. The fourth-order valence-electron chi connectivity index (χ4n) is 7.02. The van der Waals surface area contributed by atoms with E-state index >= 15 is 0 Å². The van der Waals surface area contributed by atoms with Crippen molar-refractivity contribution in [3.63, 3.8) is 0 Å². The van der Waals surface area contributed by atoms with Crippen molar-refractivity contribution >= 4 is 40.6 Å². The van der Waals surface area contributed by atoms with Gasteiger partial charge in [-0.25, -0.2) is 4.79 Å². The zero-order chi connectivity index (χ0) is 36.3. The molecule has 1 spiro atoms. The number of amides is 1. The number of benzene rings is 3. The zero-order valence-corrected chi connectivity index (χ0v) is 31.1. The molecule has 1 unspecified atom stereocenters. The predicted octanol–water partition coefficient (Wildman–Crippen LogP) is 6.67. The Kier molecular flexibility index (Phi) is 10.3. The molecule has 3 N–H and O–H groups in total. The number of nitrogens with zero attached hydrogens (tertiary/aromatic N) is 2. The summed E-state index contributed by atoms with van der Waals surface area (Å²) in [5, 5.41) is 9.91. The highest BCUT2D eigenvalue weighted by atomic mass is 32.1. The molecule has 0 saturated carbocycles. The lowest BCUT2D eigenvalue weighted by Crippen LogP contribution is -2.49. The average Bonchev–Trinajstić information content (AvgIpc) is 3.27. The molecule has 0 radical (unpaired) electrons. The molecule has 3 aliphatic rings. The standard InChI is InChI=1S/C41H47N5O4S/c1-7-45(8-2)29-15-17-33-35(25-29)49-36-26-30(46(9-3)10-4)16-18-34(36)41(33)32-20-22-40(6,21-19-31(32)38(48)50-41)44-39(51)43-24-23-42-37(47)28-13-11-27(5)12-14-28/h11-22,25-26H,7-10,23-24H2,1-6H3,(H,42,47)(H2,43,44,51). The van der Waals surface area contributed by atoms with E-state index in [-0.39, 0.29) is 5.91 Å². The molecule has 0 bridgehead atoms. The summed E-state index contributed by atoms with van der Waals surface area (Å²) in [6, 6.07) is 19.8.